The molecule has 7 nitrogen and oxygen atoms in total. The van der Waals surface area contributed by atoms with Gasteiger partial charge in [-0.25, -0.2) is 4.79 Å². The zero-order chi connectivity index (χ0) is 22.7. The van der Waals surface area contributed by atoms with Crippen molar-refractivity contribution in [2.45, 2.75) is 40.3 Å². The van der Waals surface area contributed by atoms with Gasteiger partial charge in [0.2, 0.25) is 0 Å². The summed E-state index contributed by atoms with van der Waals surface area (Å²) >= 11 is 0. The number of phenolic OH excluding ortho intramolecular Hbond substituents is 1. The molecule has 2 aromatic carbocycles. The average molecular weight is 439 g/mol. The second kappa shape index (κ2) is 9.61. The van der Waals surface area contributed by atoms with Gasteiger partial charge in [0, 0.05) is 25.0 Å². The molecule has 2 heterocycles. The van der Waals surface area contributed by atoms with E-state index in [0.29, 0.717) is 47.6 Å². The molecule has 2 atom stereocenters. The number of aromatic nitrogens is 1. The number of nitrogens with zero attached hydrogens (tertiary/aromatic N) is 2. The number of aromatic hydroxyl groups is 1. The number of carbonyl (C=O) groups excluding carboxylic acids is 1. The van der Waals surface area contributed by atoms with E-state index >= 15 is 0 Å². The lowest BCUT2D eigenvalue weighted by Gasteiger charge is -2.35. The monoisotopic (exact) mass is 438 g/mol. The van der Waals surface area contributed by atoms with E-state index in [-0.39, 0.29) is 18.3 Å². The second-order valence-electron chi connectivity index (χ2n) is 8.74. The first kappa shape index (κ1) is 22.1. The molecule has 1 saturated heterocycles. The van der Waals surface area contributed by atoms with Crippen LogP contribution in [0.1, 0.15) is 48.8 Å². The number of carbonyl (C=O) groups is 1. The molecular formula is C25H30N2O5. The Bertz CT molecular complexity index is 1070. The molecule has 1 fully saturated rings. The summed E-state index contributed by atoms with van der Waals surface area (Å²) in [7, 11) is 0. The van der Waals surface area contributed by atoms with Gasteiger partial charge in [-0.1, -0.05) is 19.0 Å². The number of likely N-dealkylation sites (tertiary alicyclic amines) is 1. The molecule has 4 rings (SSSR count). The molecular weight excluding hydrogens is 408 g/mol. The molecule has 0 radical (unpaired) electrons. The van der Waals surface area contributed by atoms with Gasteiger partial charge in [-0.3, -0.25) is 4.90 Å². The maximum atomic E-state index is 11.8. The number of ether oxygens (including phenoxy) is 2. The van der Waals surface area contributed by atoms with E-state index in [0.717, 1.165) is 24.0 Å². The van der Waals surface area contributed by atoms with Crippen LogP contribution in [0.2, 0.25) is 0 Å². The highest BCUT2D eigenvalue weighted by Gasteiger charge is 2.24. The first-order chi connectivity index (χ1) is 15.4. The largest absolute Gasteiger partial charge is 0.507 e. The predicted molar refractivity (Wildman–Crippen MR) is 121 cm³/mol. The minimum atomic E-state index is -0.355. The van der Waals surface area contributed by atoms with E-state index in [1.165, 1.54) is 6.42 Å². The number of phenols is 1. The molecule has 3 aromatic rings. The third-order valence-electron chi connectivity index (χ3n) is 5.86. The van der Waals surface area contributed by atoms with Gasteiger partial charge in [0.1, 0.15) is 23.8 Å². The summed E-state index contributed by atoms with van der Waals surface area (Å²) in [6.07, 6.45) is 1.23. The van der Waals surface area contributed by atoms with Gasteiger partial charge in [-0.15, -0.1) is 0 Å². The molecule has 0 saturated carbocycles. The van der Waals surface area contributed by atoms with Crippen molar-refractivity contribution in [3.63, 3.8) is 0 Å². The molecule has 0 spiro atoms. The Kier molecular flexibility index (Phi) is 6.65. The van der Waals surface area contributed by atoms with Crippen LogP contribution in [0, 0.1) is 11.8 Å². The highest BCUT2D eigenvalue weighted by molar-refractivity contribution is 5.89. The molecule has 0 bridgehead atoms. The summed E-state index contributed by atoms with van der Waals surface area (Å²) in [5, 5.41) is 15.5. The molecule has 1 aromatic heterocycles. The van der Waals surface area contributed by atoms with Crippen LogP contribution in [0.15, 0.2) is 40.9 Å². The minimum Gasteiger partial charge on any atom is -0.507 e. The third kappa shape index (κ3) is 4.88. The third-order valence-corrected chi connectivity index (χ3v) is 5.86. The van der Waals surface area contributed by atoms with Crippen molar-refractivity contribution in [3.05, 3.63) is 53.2 Å². The number of fused-ring (bicyclic) bond motifs is 1. The smallest absolute Gasteiger partial charge is 0.338 e. The predicted octanol–water partition coefficient (Wildman–Crippen LogP) is 4.77. The molecule has 2 unspecified atom stereocenters. The quantitative estimate of drug-likeness (QED) is 0.532. The zero-order valence-corrected chi connectivity index (χ0v) is 18.8. The van der Waals surface area contributed by atoms with Crippen LogP contribution in [0.5, 0.6) is 11.5 Å². The molecule has 1 N–H and O–H groups in total. The Morgan fingerprint density at radius 1 is 1.16 bits per heavy atom. The summed E-state index contributed by atoms with van der Waals surface area (Å²) in [6.45, 7) is 9.51. The van der Waals surface area contributed by atoms with E-state index in [2.05, 4.69) is 23.9 Å². The Labute approximate surface area is 187 Å². The molecule has 1 aliphatic heterocycles. The highest BCUT2D eigenvalue weighted by atomic mass is 16.5. The number of piperidine rings is 1. The normalized spacial score (nSPS) is 19.2. The first-order valence-electron chi connectivity index (χ1n) is 11.2. The Morgan fingerprint density at radius 2 is 1.88 bits per heavy atom. The second-order valence-corrected chi connectivity index (χ2v) is 8.74. The number of benzene rings is 2. The number of esters is 1. The molecule has 0 amide bonds. The lowest BCUT2D eigenvalue weighted by Crippen LogP contribution is -2.38. The SMILES string of the molecule is CCOC(=O)c1ccc(OCc2noc3c(CN4CC(C)CC(C)C4)c(O)ccc23)cc1. The summed E-state index contributed by atoms with van der Waals surface area (Å²) in [6, 6.07) is 10.3. The molecule has 0 aliphatic carbocycles. The van der Waals surface area contributed by atoms with Gasteiger partial charge in [0.05, 0.1) is 17.7 Å². The summed E-state index contributed by atoms with van der Waals surface area (Å²) in [5.41, 5.74) is 2.51. The fourth-order valence-electron chi connectivity index (χ4n) is 4.55. The number of hydrogen-bond acceptors (Lipinski definition) is 7. The summed E-state index contributed by atoms with van der Waals surface area (Å²) in [5.74, 6) is 1.75. The van der Waals surface area contributed by atoms with Gasteiger partial charge in [0.25, 0.3) is 0 Å². The highest BCUT2D eigenvalue weighted by Crippen LogP contribution is 2.32. The molecule has 1 aliphatic rings. The van der Waals surface area contributed by atoms with Gasteiger partial charge in [-0.05, 0) is 61.6 Å². The van der Waals surface area contributed by atoms with Crippen LogP contribution in [-0.4, -0.2) is 40.8 Å². The molecule has 170 valence electrons. The lowest BCUT2D eigenvalue weighted by molar-refractivity contribution is 0.0526. The van der Waals surface area contributed by atoms with Gasteiger partial charge in [-0.2, -0.15) is 0 Å². The topological polar surface area (TPSA) is 85.0 Å². The maximum absolute atomic E-state index is 11.8. The van der Waals surface area contributed by atoms with Crippen molar-refractivity contribution in [2.75, 3.05) is 19.7 Å². The number of hydrogen-bond donors (Lipinski definition) is 1. The van der Waals surface area contributed by atoms with E-state index < -0.39 is 0 Å². The van der Waals surface area contributed by atoms with Gasteiger partial charge in [0.15, 0.2) is 5.58 Å². The summed E-state index contributed by atoms with van der Waals surface area (Å²) in [4.78, 5) is 14.1. The van der Waals surface area contributed by atoms with Crippen LogP contribution in [0.4, 0.5) is 0 Å². The summed E-state index contributed by atoms with van der Waals surface area (Å²) < 4.78 is 16.5. The van der Waals surface area contributed by atoms with E-state index in [4.69, 9.17) is 14.0 Å². The van der Waals surface area contributed by atoms with Crippen LogP contribution in [-0.2, 0) is 17.9 Å². The molecule has 32 heavy (non-hydrogen) atoms. The van der Waals surface area contributed by atoms with E-state index in [1.807, 2.05) is 6.07 Å². The van der Waals surface area contributed by atoms with Gasteiger partial charge < -0.3 is 19.1 Å². The lowest BCUT2D eigenvalue weighted by atomic mass is 9.91. The number of rotatable bonds is 7. The van der Waals surface area contributed by atoms with Crippen molar-refractivity contribution in [1.29, 1.82) is 0 Å². The minimum absolute atomic E-state index is 0.216. The zero-order valence-electron chi connectivity index (χ0n) is 18.8. The standard InChI is InChI=1S/C25H30N2O5/c1-4-30-25(29)18-5-7-19(8-6-18)31-15-22-20-9-10-23(28)21(24(20)32-26-22)14-27-12-16(2)11-17(3)13-27/h5-10,16-17,28H,4,11-15H2,1-3H3. The van der Waals surface area contributed by atoms with E-state index in [9.17, 15) is 9.90 Å². The maximum Gasteiger partial charge on any atom is 0.338 e. The Morgan fingerprint density at radius 3 is 2.56 bits per heavy atom. The Balaban J connectivity index is 1.48. The van der Waals surface area contributed by atoms with Crippen molar-refractivity contribution in [3.8, 4) is 11.5 Å². The van der Waals surface area contributed by atoms with Crippen LogP contribution in [0.25, 0.3) is 11.0 Å². The van der Waals surface area contributed by atoms with Crippen LogP contribution >= 0.6 is 0 Å². The van der Waals surface area contributed by atoms with Crippen LogP contribution < -0.4 is 4.74 Å². The van der Waals surface area contributed by atoms with Crippen LogP contribution in [0.3, 0.4) is 0 Å². The van der Waals surface area contributed by atoms with Crippen molar-refractivity contribution in [2.24, 2.45) is 11.8 Å². The average Bonchev–Trinajstić information content (AvgIpc) is 3.17. The van der Waals surface area contributed by atoms with Crippen molar-refractivity contribution in [1.82, 2.24) is 10.1 Å². The van der Waals surface area contributed by atoms with Crippen molar-refractivity contribution < 1.29 is 23.9 Å². The van der Waals surface area contributed by atoms with E-state index in [1.54, 1.807) is 37.3 Å². The molecule has 7 heteroatoms. The first-order valence-corrected chi connectivity index (χ1v) is 11.2. The van der Waals surface area contributed by atoms with Crippen molar-refractivity contribution >= 4 is 16.9 Å². The van der Waals surface area contributed by atoms with Gasteiger partial charge >= 0.3 is 5.97 Å². The fourth-order valence-corrected chi connectivity index (χ4v) is 4.55. The Hall–Kier alpha value is -3.06. The fraction of sp³-hybridized carbons (Fsp3) is 0.440.